The van der Waals surface area contributed by atoms with Crippen molar-refractivity contribution < 1.29 is 23.5 Å². The number of hydrogen-bond acceptors (Lipinski definition) is 5. The summed E-state index contributed by atoms with van der Waals surface area (Å²) in [7, 11) is -0.685. The molecule has 3 atom stereocenters. The van der Waals surface area contributed by atoms with Gasteiger partial charge in [0.25, 0.3) is 0 Å². The summed E-state index contributed by atoms with van der Waals surface area (Å²) < 4.78 is 17.3. The number of rotatable bonds is 5. The summed E-state index contributed by atoms with van der Waals surface area (Å²) in [6, 6.07) is -0.00414. The maximum atomic E-state index is 12.8. The summed E-state index contributed by atoms with van der Waals surface area (Å²) in [4.78, 5) is 27.1. The van der Waals surface area contributed by atoms with E-state index < -0.39 is 19.8 Å². The van der Waals surface area contributed by atoms with Gasteiger partial charge in [0.2, 0.25) is 0 Å². The number of amides is 1. The number of carbonyl (C=O) groups excluding carboxylic acids is 2. The van der Waals surface area contributed by atoms with Gasteiger partial charge in [0.1, 0.15) is 5.60 Å². The zero-order valence-electron chi connectivity index (χ0n) is 19.5. The van der Waals surface area contributed by atoms with Gasteiger partial charge in [-0.1, -0.05) is 34.1 Å². The van der Waals surface area contributed by atoms with Crippen LogP contribution in [-0.4, -0.2) is 56.7 Å². The first-order chi connectivity index (χ1) is 12.6. The number of likely N-dealkylation sites (tertiary alicyclic amines) is 1. The SMILES string of the molecule is CCC[C@@H]1C[C@@H](O[Si](C)(C)C(C)(C)C)[C@@H](C(=O)OC)CN1C(=O)OC(C)(C)C. The molecule has 0 saturated carbocycles. The smallest absolute Gasteiger partial charge is 0.410 e. The van der Waals surface area contributed by atoms with Gasteiger partial charge in [-0.2, -0.15) is 0 Å². The zero-order chi connectivity index (χ0) is 21.9. The number of ether oxygens (including phenoxy) is 2. The lowest BCUT2D eigenvalue weighted by molar-refractivity contribution is -0.153. The van der Waals surface area contributed by atoms with E-state index in [-0.39, 0.29) is 35.8 Å². The van der Waals surface area contributed by atoms with Crippen molar-refractivity contribution in [2.24, 2.45) is 5.92 Å². The molecule has 0 aromatic heterocycles. The molecule has 164 valence electrons. The summed E-state index contributed by atoms with van der Waals surface area (Å²) in [5.41, 5.74) is -0.580. The lowest BCUT2D eigenvalue weighted by Gasteiger charge is -2.47. The van der Waals surface area contributed by atoms with E-state index in [4.69, 9.17) is 13.9 Å². The van der Waals surface area contributed by atoms with Crippen LogP contribution in [0.4, 0.5) is 4.79 Å². The molecule has 1 aliphatic rings. The Bertz CT molecular complexity index is 550. The predicted molar refractivity (Wildman–Crippen MR) is 114 cm³/mol. The summed E-state index contributed by atoms with van der Waals surface area (Å²) in [5.74, 6) is -0.827. The summed E-state index contributed by atoms with van der Waals surface area (Å²) in [6.45, 7) is 18.9. The third-order valence-electron chi connectivity index (χ3n) is 5.79. The third-order valence-corrected chi connectivity index (χ3v) is 10.3. The van der Waals surface area contributed by atoms with Crippen LogP contribution in [0, 0.1) is 5.92 Å². The van der Waals surface area contributed by atoms with E-state index in [1.165, 1.54) is 7.11 Å². The van der Waals surface area contributed by atoms with Crippen molar-refractivity contribution in [3.63, 3.8) is 0 Å². The van der Waals surface area contributed by atoms with E-state index in [0.29, 0.717) is 6.42 Å². The minimum absolute atomic E-state index is 0.00414. The van der Waals surface area contributed by atoms with E-state index in [2.05, 4.69) is 40.8 Å². The molecule has 1 heterocycles. The first-order valence-corrected chi connectivity index (χ1v) is 13.3. The predicted octanol–water partition coefficient (Wildman–Crippen LogP) is 4.98. The molecular weight excluding hydrogens is 374 g/mol. The van der Waals surface area contributed by atoms with Gasteiger partial charge < -0.3 is 18.8 Å². The molecule has 6 nitrogen and oxygen atoms in total. The molecule has 7 heteroatoms. The van der Waals surface area contributed by atoms with Crippen molar-refractivity contribution in [2.75, 3.05) is 13.7 Å². The zero-order valence-corrected chi connectivity index (χ0v) is 20.5. The van der Waals surface area contributed by atoms with E-state index in [0.717, 1.165) is 12.8 Å². The molecule has 1 amide bonds. The van der Waals surface area contributed by atoms with E-state index >= 15 is 0 Å². The highest BCUT2D eigenvalue weighted by Gasteiger charge is 2.47. The van der Waals surface area contributed by atoms with Gasteiger partial charge in [0.15, 0.2) is 8.32 Å². The van der Waals surface area contributed by atoms with Gasteiger partial charge in [-0.05, 0) is 51.7 Å². The minimum Gasteiger partial charge on any atom is -0.469 e. The Hall–Kier alpha value is -1.08. The van der Waals surface area contributed by atoms with Crippen LogP contribution in [0.2, 0.25) is 18.1 Å². The fraction of sp³-hybridized carbons (Fsp3) is 0.905. The van der Waals surface area contributed by atoms with Crippen molar-refractivity contribution in [1.82, 2.24) is 4.90 Å². The van der Waals surface area contributed by atoms with Crippen LogP contribution in [0.5, 0.6) is 0 Å². The average Bonchev–Trinajstić information content (AvgIpc) is 2.51. The van der Waals surface area contributed by atoms with E-state index in [1.54, 1.807) is 4.90 Å². The van der Waals surface area contributed by atoms with Crippen molar-refractivity contribution in [3.05, 3.63) is 0 Å². The topological polar surface area (TPSA) is 65.1 Å². The molecule has 1 saturated heterocycles. The Labute approximate surface area is 172 Å². The Balaban J connectivity index is 3.16. The fourth-order valence-corrected chi connectivity index (χ4v) is 4.62. The molecule has 1 fully saturated rings. The number of hydrogen-bond donors (Lipinski definition) is 0. The Morgan fingerprint density at radius 1 is 1.11 bits per heavy atom. The monoisotopic (exact) mass is 415 g/mol. The molecule has 0 spiro atoms. The van der Waals surface area contributed by atoms with Gasteiger partial charge in [-0.25, -0.2) is 4.79 Å². The molecule has 0 aliphatic carbocycles. The Kier molecular flexibility index (Phi) is 8.16. The van der Waals surface area contributed by atoms with E-state index in [9.17, 15) is 9.59 Å². The molecule has 0 aromatic rings. The molecule has 1 aliphatic heterocycles. The third kappa shape index (κ3) is 6.48. The quantitative estimate of drug-likeness (QED) is 0.468. The lowest BCUT2D eigenvalue weighted by atomic mass is 9.88. The standard InChI is InChI=1S/C21H41NO5Si/c1-11-12-15-13-17(27-28(9,10)21(5,6)7)16(18(23)25-8)14-22(15)19(24)26-20(2,3)4/h15-17H,11-14H2,1-10H3/t15-,16+,17-/m1/s1. The highest BCUT2D eigenvalue weighted by Crippen LogP contribution is 2.40. The summed E-state index contributed by atoms with van der Waals surface area (Å²) in [5, 5.41) is 0.0379. The number of carbonyl (C=O) groups is 2. The normalized spacial score (nSPS) is 24.1. The van der Waals surface area contributed by atoms with Crippen LogP contribution in [0.1, 0.15) is 67.7 Å². The second kappa shape index (κ2) is 9.16. The molecular formula is C21H41NO5Si. The molecule has 0 radical (unpaired) electrons. The van der Waals surface area contributed by atoms with Gasteiger partial charge >= 0.3 is 12.1 Å². The maximum Gasteiger partial charge on any atom is 0.410 e. The second-order valence-corrected chi connectivity index (χ2v) is 15.1. The van der Waals surface area contributed by atoms with Crippen LogP contribution < -0.4 is 0 Å². The number of piperidine rings is 1. The highest BCUT2D eigenvalue weighted by atomic mass is 28.4. The molecule has 28 heavy (non-hydrogen) atoms. The molecule has 1 rings (SSSR count). The van der Waals surface area contributed by atoms with Crippen molar-refractivity contribution in [1.29, 1.82) is 0 Å². The minimum atomic E-state index is -2.08. The van der Waals surface area contributed by atoms with Gasteiger partial charge in [0, 0.05) is 12.6 Å². The first kappa shape index (κ1) is 25.0. The molecule has 0 bridgehead atoms. The van der Waals surface area contributed by atoms with Crippen molar-refractivity contribution in [3.8, 4) is 0 Å². The van der Waals surface area contributed by atoms with Crippen molar-refractivity contribution >= 4 is 20.4 Å². The van der Waals surface area contributed by atoms with Crippen LogP contribution in [0.15, 0.2) is 0 Å². The number of esters is 1. The van der Waals surface area contributed by atoms with Gasteiger partial charge in [-0.3, -0.25) is 4.79 Å². The fourth-order valence-electron chi connectivity index (χ4n) is 3.25. The Morgan fingerprint density at radius 3 is 2.11 bits per heavy atom. The number of methoxy groups -OCH3 is 1. The van der Waals surface area contributed by atoms with E-state index in [1.807, 2.05) is 20.8 Å². The van der Waals surface area contributed by atoms with Crippen molar-refractivity contribution in [2.45, 2.75) is 104 Å². The summed E-state index contributed by atoms with van der Waals surface area (Å²) >= 11 is 0. The average molecular weight is 416 g/mol. The summed E-state index contributed by atoms with van der Waals surface area (Å²) in [6.07, 6.45) is 1.80. The lowest BCUT2D eigenvalue weighted by Crippen LogP contribution is -2.58. The van der Waals surface area contributed by atoms with Crippen LogP contribution >= 0.6 is 0 Å². The van der Waals surface area contributed by atoms with Crippen LogP contribution in [-0.2, 0) is 18.7 Å². The van der Waals surface area contributed by atoms with Crippen LogP contribution in [0.3, 0.4) is 0 Å². The van der Waals surface area contributed by atoms with Gasteiger partial charge in [0.05, 0.1) is 19.1 Å². The van der Waals surface area contributed by atoms with Gasteiger partial charge in [-0.15, -0.1) is 0 Å². The first-order valence-electron chi connectivity index (χ1n) is 10.4. The largest absolute Gasteiger partial charge is 0.469 e. The number of nitrogens with zero attached hydrogens (tertiary/aromatic N) is 1. The molecule has 0 unspecified atom stereocenters. The maximum absolute atomic E-state index is 12.8. The molecule has 0 aromatic carbocycles. The second-order valence-electron chi connectivity index (χ2n) is 10.4. The highest BCUT2D eigenvalue weighted by molar-refractivity contribution is 6.74. The van der Waals surface area contributed by atoms with Crippen LogP contribution in [0.25, 0.3) is 0 Å². The Morgan fingerprint density at radius 2 is 1.68 bits per heavy atom. The molecule has 0 N–H and O–H groups in total.